The number of amides is 2. The first-order valence-electron chi connectivity index (χ1n) is 12.7. The molecule has 4 rings (SSSR count). The van der Waals surface area contributed by atoms with Gasteiger partial charge in [0.1, 0.15) is 6.04 Å². The lowest BCUT2D eigenvalue weighted by Gasteiger charge is -2.32. The first-order chi connectivity index (χ1) is 17.9. The van der Waals surface area contributed by atoms with Crippen LogP contribution in [0.2, 0.25) is 5.02 Å². The van der Waals surface area contributed by atoms with Crippen LogP contribution in [0.3, 0.4) is 0 Å². The summed E-state index contributed by atoms with van der Waals surface area (Å²) in [5.74, 6) is 1.17. The van der Waals surface area contributed by atoms with Crippen molar-refractivity contribution in [3.05, 3.63) is 94.5 Å². The van der Waals surface area contributed by atoms with E-state index < -0.39 is 6.04 Å². The molecule has 1 heterocycles. The lowest BCUT2D eigenvalue weighted by atomic mass is 10.0. The van der Waals surface area contributed by atoms with Gasteiger partial charge in [-0.15, -0.1) is 0 Å². The van der Waals surface area contributed by atoms with Crippen molar-refractivity contribution in [2.75, 3.05) is 6.79 Å². The van der Waals surface area contributed by atoms with Crippen molar-refractivity contribution in [1.82, 2.24) is 10.2 Å². The van der Waals surface area contributed by atoms with Crippen molar-refractivity contribution in [2.24, 2.45) is 0 Å². The highest BCUT2D eigenvalue weighted by atomic mass is 35.5. The summed E-state index contributed by atoms with van der Waals surface area (Å²) in [7, 11) is 0. The van der Waals surface area contributed by atoms with E-state index in [1.54, 1.807) is 17.0 Å². The summed E-state index contributed by atoms with van der Waals surface area (Å²) in [6, 6.07) is 22.3. The summed E-state index contributed by atoms with van der Waals surface area (Å²) in [6.07, 6.45) is 2.01. The summed E-state index contributed by atoms with van der Waals surface area (Å²) in [6.45, 7) is 4.52. The molecule has 0 aromatic heterocycles. The molecule has 37 heavy (non-hydrogen) atoms. The highest BCUT2D eigenvalue weighted by molar-refractivity contribution is 6.30. The summed E-state index contributed by atoms with van der Waals surface area (Å²) >= 11 is 6.10. The second-order valence-electron chi connectivity index (χ2n) is 9.36. The number of carbonyl (C=O) groups excluding carboxylic acids is 2. The number of hydrogen-bond acceptors (Lipinski definition) is 4. The first-order valence-corrected chi connectivity index (χ1v) is 13.1. The molecule has 0 bridgehead atoms. The molecular formula is C30H33ClN2O4. The van der Waals surface area contributed by atoms with Crippen molar-refractivity contribution in [3.63, 3.8) is 0 Å². The van der Waals surface area contributed by atoms with Gasteiger partial charge in [0.25, 0.3) is 0 Å². The van der Waals surface area contributed by atoms with Crippen LogP contribution in [0.5, 0.6) is 11.5 Å². The van der Waals surface area contributed by atoms with Crippen LogP contribution in [0.25, 0.3) is 0 Å². The van der Waals surface area contributed by atoms with E-state index in [0.717, 1.165) is 23.1 Å². The van der Waals surface area contributed by atoms with Crippen molar-refractivity contribution in [1.29, 1.82) is 0 Å². The van der Waals surface area contributed by atoms with Crippen LogP contribution in [0.15, 0.2) is 72.8 Å². The molecule has 0 spiro atoms. The molecule has 3 aromatic carbocycles. The number of nitrogens with one attached hydrogen (secondary N) is 1. The lowest BCUT2D eigenvalue weighted by molar-refractivity contribution is -0.141. The minimum absolute atomic E-state index is 0.00638. The molecule has 1 aliphatic rings. The maximum absolute atomic E-state index is 13.8. The number of carbonyl (C=O) groups is 2. The summed E-state index contributed by atoms with van der Waals surface area (Å²) in [5.41, 5.74) is 2.89. The van der Waals surface area contributed by atoms with Crippen molar-refractivity contribution in [3.8, 4) is 11.5 Å². The molecule has 3 aromatic rings. The van der Waals surface area contributed by atoms with Gasteiger partial charge in [-0.1, -0.05) is 67.1 Å². The predicted octanol–water partition coefficient (Wildman–Crippen LogP) is 5.56. The first kappa shape index (κ1) is 26.6. The minimum atomic E-state index is -0.656. The summed E-state index contributed by atoms with van der Waals surface area (Å²) < 4.78 is 10.9. The van der Waals surface area contributed by atoms with Crippen LogP contribution >= 0.6 is 11.6 Å². The predicted molar refractivity (Wildman–Crippen MR) is 145 cm³/mol. The Hall–Kier alpha value is -3.51. The van der Waals surface area contributed by atoms with Gasteiger partial charge in [0.15, 0.2) is 11.5 Å². The highest BCUT2D eigenvalue weighted by Crippen LogP contribution is 2.33. The van der Waals surface area contributed by atoms with Gasteiger partial charge in [0, 0.05) is 30.5 Å². The normalized spacial score (nSPS) is 13.6. The SMILES string of the molecule is CC[C@@H](C)NC(=O)[C@H](Cc1ccccc1)N(Cc1ccc(Cl)cc1)C(=O)CCc1ccc2c(c1)OCO2. The molecule has 7 heteroatoms. The van der Waals surface area contributed by atoms with E-state index in [-0.39, 0.29) is 31.1 Å². The topological polar surface area (TPSA) is 67.9 Å². The van der Waals surface area contributed by atoms with E-state index in [1.807, 2.05) is 74.5 Å². The Morgan fingerprint density at radius 2 is 1.65 bits per heavy atom. The number of nitrogens with zero attached hydrogens (tertiary/aromatic N) is 1. The van der Waals surface area contributed by atoms with E-state index in [0.29, 0.717) is 35.9 Å². The average molecular weight is 521 g/mol. The number of hydrogen-bond donors (Lipinski definition) is 1. The Kier molecular flexibility index (Phi) is 9.07. The molecular weight excluding hydrogens is 488 g/mol. The zero-order chi connectivity index (χ0) is 26.2. The molecule has 6 nitrogen and oxygen atoms in total. The standard InChI is InChI=1S/C30H33ClN2O4/c1-3-21(2)32-30(35)26(17-22-7-5-4-6-8-22)33(19-24-9-13-25(31)14-10-24)29(34)16-12-23-11-15-27-28(18-23)37-20-36-27/h4-11,13-15,18,21,26H,3,12,16-17,19-20H2,1-2H3,(H,32,35)/t21-,26+/m1/s1. The number of rotatable bonds is 11. The Labute approximate surface area is 223 Å². The van der Waals surface area contributed by atoms with Gasteiger partial charge in [-0.05, 0) is 60.7 Å². The largest absolute Gasteiger partial charge is 0.454 e. The van der Waals surface area contributed by atoms with Gasteiger partial charge in [-0.2, -0.15) is 0 Å². The number of aryl methyl sites for hydroxylation is 1. The fourth-order valence-corrected chi connectivity index (χ4v) is 4.40. The van der Waals surface area contributed by atoms with E-state index in [2.05, 4.69) is 5.32 Å². The number of benzene rings is 3. The minimum Gasteiger partial charge on any atom is -0.454 e. The molecule has 0 aliphatic carbocycles. The number of halogens is 1. The molecule has 2 amide bonds. The van der Waals surface area contributed by atoms with E-state index in [1.165, 1.54) is 0 Å². The summed E-state index contributed by atoms with van der Waals surface area (Å²) in [5, 5.41) is 3.72. The maximum Gasteiger partial charge on any atom is 0.243 e. The molecule has 2 atom stereocenters. The maximum atomic E-state index is 13.8. The Balaban J connectivity index is 1.59. The third kappa shape index (κ3) is 7.26. The third-order valence-electron chi connectivity index (χ3n) is 6.60. The lowest BCUT2D eigenvalue weighted by Crippen LogP contribution is -2.52. The summed E-state index contributed by atoms with van der Waals surface area (Å²) in [4.78, 5) is 29.0. The molecule has 1 aliphatic heterocycles. The van der Waals surface area contributed by atoms with E-state index in [9.17, 15) is 9.59 Å². The molecule has 0 radical (unpaired) electrons. The van der Waals surface area contributed by atoms with Gasteiger partial charge in [0.05, 0.1) is 0 Å². The zero-order valence-corrected chi connectivity index (χ0v) is 22.0. The van der Waals surface area contributed by atoms with Gasteiger partial charge >= 0.3 is 0 Å². The van der Waals surface area contributed by atoms with Gasteiger partial charge in [-0.25, -0.2) is 0 Å². The Bertz CT molecular complexity index is 1200. The highest BCUT2D eigenvalue weighted by Gasteiger charge is 2.31. The van der Waals surface area contributed by atoms with Gasteiger partial charge in [-0.3, -0.25) is 9.59 Å². The van der Waals surface area contributed by atoms with Gasteiger partial charge < -0.3 is 19.7 Å². The second-order valence-corrected chi connectivity index (χ2v) is 9.80. The molecule has 0 saturated carbocycles. The molecule has 0 unspecified atom stereocenters. The molecule has 194 valence electrons. The monoisotopic (exact) mass is 520 g/mol. The fraction of sp³-hybridized carbons (Fsp3) is 0.333. The Morgan fingerprint density at radius 3 is 2.38 bits per heavy atom. The van der Waals surface area contributed by atoms with Crippen LogP contribution in [-0.2, 0) is 29.0 Å². The molecule has 0 saturated heterocycles. The molecule has 0 fully saturated rings. The van der Waals surface area contributed by atoms with Crippen LogP contribution in [-0.4, -0.2) is 35.6 Å². The number of fused-ring (bicyclic) bond motifs is 1. The van der Waals surface area contributed by atoms with Crippen LogP contribution in [0.1, 0.15) is 43.4 Å². The van der Waals surface area contributed by atoms with Crippen LogP contribution in [0.4, 0.5) is 0 Å². The Morgan fingerprint density at radius 1 is 0.946 bits per heavy atom. The second kappa shape index (κ2) is 12.6. The molecule has 1 N–H and O–H groups in total. The van der Waals surface area contributed by atoms with Crippen molar-refractivity contribution < 1.29 is 19.1 Å². The van der Waals surface area contributed by atoms with Crippen molar-refractivity contribution >= 4 is 23.4 Å². The van der Waals surface area contributed by atoms with Crippen molar-refractivity contribution in [2.45, 2.75) is 58.2 Å². The van der Waals surface area contributed by atoms with E-state index in [4.69, 9.17) is 21.1 Å². The van der Waals surface area contributed by atoms with Crippen LogP contribution in [0, 0.1) is 0 Å². The van der Waals surface area contributed by atoms with Gasteiger partial charge in [0.2, 0.25) is 18.6 Å². The smallest absolute Gasteiger partial charge is 0.243 e. The van der Waals surface area contributed by atoms with Crippen LogP contribution < -0.4 is 14.8 Å². The average Bonchev–Trinajstić information content (AvgIpc) is 3.39. The zero-order valence-electron chi connectivity index (χ0n) is 21.3. The fourth-order valence-electron chi connectivity index (χ4n) is 4.27. The quantitative estimate of drug-likeness (QED) is 0.359. The van der Waals surface area contributed by atoms with E-state index >= 15 is 0 Å². The number of ether oxygens (including phenoxy) is 2. The third-order valence-corrected chi connectivity index (χ3v) is 6.85.